The van der Waals surface area contributed by atoms with Crippen LogP contribution in [-0.4, -0.2) is 56.9 Å². The van der Waals surface area contributed by atoms with Gasteiger partial charge in [0.1, 0.15) is 6.04 Å². The lowest BCUT2D eigenvalue weighted by Crippen LogP contribution is -2.43. The molecule has 5 N–H and O–H groups in total. The number of benzene rings is 1. The molecular formula is C25H31N5O5S. The molecule has 0 fully saturated rings. The smallest absolute Gasteiger partial charge is 0.404 e. The van der Waals surface area contributed by atoms with Crippen LogP contribution in [0, 0.1) is 11.8 Å². The number of hydrogen-bond donors (Lipinski definition) is 5. The standard InChI is InChI=1S/C25H31N5O5S/c1-36-24-27-15-19(16-28-24)7-3-2-4-9-22(32)30-21(8-5-6-14-26-25(34)35)23(33)29-20-12-10-18(17-31)11-13-20/h10-13,15-16,21,26,31H,2,4-6,8-9,14,17H2,1H3,(H,29,33)(H,30,32)(H,34,35)/t21-/m0/s1. The van der Waals surface area contributed by atoms with Crippen molar-refractivity contribution in [1.82, 2.24) is 20.6 Å². The number of nitrogens with zero attached hydrogens (tertiary/aromatic N) is 2. The van der Waals surface area contributed by atoms with E-state index in [0.29, 0.717) is 48.5 Å². The van der Waals surface area contributed by atoms with Gasteiger partial charge in [0.2, 0.25) is 11.8 Å². The largest absolute Gasteiger partial charge is 0.465 e. The Morgan fingerprint density at radius 3 is 2.44 bits per heavy atom. The van der Waals surface area contributed by atoms with Crippen LogP contribution >= 0.6 is 11.8 Å². The van der Waals surface area contributed by atoms with Crippen molar-refractivity contribution in [3.05, 3.63) is 47.8 Å². The highest BCUT2D eigenvalue weighted by Gasteiger charge is 2.20. The molecule has 10 nitrogen and oxygen atoms in total. The van der Waals surface area contributed by atoms with Gasteiger partial charge >= 0.3 is 6.09 Å². The van der Waals surface area contributed by atoms with Crippen LogP contribution in [0.4, 0.5) is 10.5 Å². The summed E-state index contributed by atoms with van der Waals surface area (Å²) in [5, 5.41) is 26.4. The van der Waals surface area contributed by atoms with E-state index < -0.39 is 12.1 Å². The molecule has 2 rings (SSSR count). The quantitative estimate of drug-likeness (QED) is 0.119. The second kappa shape index (κ2) is 16.1. The minimum atomic E-state index is -1.10. The number of carboxylic acid groups (broad SMARTS) is 1. The summed E-state index contributed by atoms with van der Waals surface area (Å²) in [4.78, 5) is 44.2. The summed E-state index contributed by atoms with van der Waals surface area (Å²) in [5.41, 5.74) is 1.98. The van der Waals surface area contributed by atoms with E-state index >= 15 is 0 Å². The highest BCUT2D eigenvalue weighted by atomic mass is 32.2. The van der Waals surface area contributed by atoms with E-state index in [4.69, 9.17) is 10.2 Å². The number of aliphatic hydroxyl groups is 1. The van der Waals surface area contributed by atoms with Crippen molar-refractivity contribution >= 4 is 35.4 Å². The van der Waals surface area contributed by atoms with Gasteiger partial charge in [-0.15, -0.1) is 0 Å². The van der Waals surface area contributed by atoms with E-state index in [1.807, 2.05) is 6.26 Å². The SMILES string of the molecule is CSc1ncc(C#CCCCC(=O)N[C@@H](CCCCNC(=O)O)C(=O)Nc2ccc(CO)cc2)cn1. The van der Waals surface area contributed by atoms with Gasteiger partial charge in [-0.2, -0.15) is 0 Å². The predicted molar refractivity (Wildman–Crippen MR) is 137 cm³/mol. The molecule has 1 aromatic heterocycles. The third kappa shape index (κ3) is 11.2. The molecule has 3 amide bonds. The molecule has 1 aromatic carbocycles. The van der Waals surface area contributed by atoms with Crippen LogP contribution in [0.1, 0.15) is 49.7 Å². The molecule has 1 heterocycles. The van der Waals surface area contributed by atoms with E-state index in [1.165, 1.54) is 11.8 Å². The van der Waals surface area contributed by atoms with Gasteiger partial charge in [-0.1, -0.05) is 35.7 Å². The summed E-state index contributed by atoms with van der Waals surface area (Å²) in [6.45, 7) is 0.170. The Morgan fingerprint density at radius 1 is 1.08 bits per heavy atom. The highest BCUT2D eigenvalue weighted by molar-refractivity contribution is 7.98. The summed E-state index contributed by atoms with van der Waals surface area (Å²) in [5.74, 6) is 5.35. The van der Waals surface area contributed by atoms with Crippen LogP contribution in [-0.2, 0) is 16.2 Å². The van der Waals surface area contributed by atoms with Crippen LogP contribution in [0.2, 0.25) is 0 Å². The summed E-state index contributed by atoms with van der Waals surface area (Å²) in [7, 11) is 0. The first-order chi connectivity index (χ1) is 17.4. The Bertz CT molecular complexity index is 1050. The molecule has 11 heteroatoms. The second-order valence-electron chi connectivity index (χ2n) is 7.81. The molecule has 0 aliphatic rings. The molecule has 0 saturated heterocycles. The average molecular weight is 514 g/mol. The van der Waals surface area contributed by atoms with E-state index in [-0.39, 0.29) is 31.4 Å². The molecule has 36 heavy (non-hydrogen) atoms. The molecule has 192 valence electrons. The first-order valence-corrected chi connectivity index (χ1v) is 12.8. The zero-order valence-corrected chi connectivity index (χ0v) is 20.9. The van der Waals surface area contributed by atoms with Crippen LogP contribution in [0.3, 0.4) is 0 Å². The number of aliphatic hydroxyl groups excluding tert-OH is 1. The first kappa shape index (κ1) is 28.6. The van der Waals surface area contributed by atoms with Crippen LogP contribution in [0.5, 0.6) is 0 Å². The number of unbranched alkanes of at least 4 members (excludes halogenated alkanes) is 2. The van der Waals surface area contributed by atoms with Crippen molar-refractivity contribution in [2.75, 3.05) is 18.1 Å². The van der Waals surface area contributed by atoms with E-state index in [0.717, 1.165) is 5.56 Å². The van der Waals surface area contributed by atoms with Gasteiger partial charge < -0.3 is 26.2 Å². The van der Waals surface area contributed by atoms with E-state index in [2.05, 4.69) is 37.8 Å². The Balaban J connectivity index is 1.86. The molecule has 0 bridgehead atoms. The Kier molecular flexibility index (Phi) is 12.8. The van der Waals surface area contributed by atoms with Crippen molar-refractivity contribution in [3.8, 4) is 11.8 Å². The molecule has 0 radical (unpaired) electrons. The zero-order chi connectivity index (χ0) is 26.2. The fourth-order valence-electron chi connectivity index (χ4n) is 3.12. The summed E-state index contributed by atoms with van der Waals surface area (Å²) < 4.78 is 0. The molecule has 0 saturated carbocycles. The molecule has 0 unspecified atom stereocenters. The number of rotatable bonds is 13. The number of hydrogen-bond acceptors (Lipinski definition) is 7. The third-order valence-corrected chi connectivity index (χ3v) is 5.58. The van der Waals surface area contributed by atoms with Crippen molar-refractivity contribution in [2.24, 2.45) is 0 Å². The highest BCUT2D eigenvalue weighted by Crippen LogP contribution is 2.12. The van der Waals surface area contributed by atoms with E-state index in [1.54, 1.807) is 36.7 Å². The van der Waals surface area contributed by atoms with Gasteiger partial charge in [-0.25, -0.2) is 14.8 Å². The lowest BCUT2D eigenvalue weighted by molar-refractivity contribution is -0.126. The van der Waals surface area contributed by atoms with Crippen molar-refractivity contribution < 1.29 is 24.6 Å². The minimum Gasteiger partial charge on any atom is -0.465 e. The van der Waals surface area contributed by atoms with Crippen molar-refractivity contribution in [2.45, 2.75) is 56.3 Å². The van der Waals surface area contributed by atoms with Gasteiger partial charge in [0.15, 0.2) is 5.16 Å². The normalized spacial score (nSPS) is 11.1. The molecule has 0 aliphatic heterocycles. The van der Waals surface area contributed by atoms with E-state index in [9.17, 15) is 14.4 Å². The van der Waals surface area contributed by atoms with Crippen LogP contribution in [0.25, 0.3) is 0 Å². The van der Waals surface area contributed by atoms with Gasteiger partial charge in [-0.3, -0.25) is 9.59 Å². The topological polar surface area (TPSA) is 154 Å². The number of thioether (sulfide) groups is 1. The summed E-state index contributed by atoms with van der Waals surface area (Å²) >= 11 is 1.45. The van der Waals surface area contributed by atoms with Crippen LogP contribution in [0.15, 0.2) is 41.8 Å². The molecule has 0 spiro atoms. The van der Waals surface area contributed by atoms with Gasteiger partial charge in [0, 0.05) is 37.5 Å². The van der Waals surface area contributed by atoms with Crippen LogP contribution < -0.4 is 16.0 Å². The lowest BCUT2D eigenvalue weighted by atomic mass is 10.1. The van der Waals surface area contributed by atoms with Gasteiger partial charge in [-0.05, 0) is 49.6 Å². The molecular weight excluding hydrogens is 482 g/mol. The van der Waals surface area contributed by atoms with Gasteiger partial charge in [0.05, 0.1) is 12.2 Å². The Labute approximate surface area is 214 Å². The average Bonchev–Trinajstić information content (AvgIpc) is 2.88. The number of anilines is 1. The maximum atomic E-state index is 12.8. The Morgan fingerprint density at radius 2 is 1.81 bits per heavy atom. The van der Waals surface area contributed by atoms with Crippen molar-refractivity contribution in [1.29, 1.82) is 0 Å². The predicted octanol–water partition coefficient (Wildman–Crippen LogP) is 2.77. The maximum Gasteiger partial charge on any atom is 0.404 e. The lowest BCUT2D eigenvalue weighted by Gasteiger charge is -2.19. The number of nitrogens with one attached hydrogen (secondary N) is 3. The monoisotopic (exact) mass is 513 g/mol. The summed E-state index contributed by atoms with van der Waals surface area (Å²) in [6.07, 6.45) is 6.80. The maximum absolute atomic E-state index is 12.8. The Hall–Kier alpha value is -3.62. The van der Waals surface area contributed by atoms with Gasteiger partial charge in [0.25, 0.3) is 0 Å². The minimum absolute atomic E-state index is 0.0975. The molecule has 0 aliphatic carbocycles. The number of carbonyl (C=O) groups excluding carboxylic acids is 2. The fraction of sp³-hybridized carbons (Fsp3) is 0.400. The second-order valence-corrected chi connectivity index (χ2v) is 8.58. The molecule has 1 atom stereocenters. The number of carbonyl (C=O) groups is 3. The zero-order valence-electron chi connectivity index (χ0n) is 20.1. The fourth-order valence-corrected chi connectivity index (χ4v) is 3.43. The summed E-state index contributed by atoms with van der Waals surface area (Å²) in [6, 6.07) is 5.99. The number of aromatic nitrogens is 2. The number of amides is 3. The first-order valence-electron chi connectivity index (χ1n) is 11.5. The van der Waals surface area contributed by atoms with Crippen molar-refractivity contribution in [3.63, 3.8) is 0 Å². The third-order valence-electron chi connectivity index (χ3n) is 5.00. The molecule has 2 aromatic rings.